The molecular weight excluding hydrogens is 264 g/mol. The van der Waals surface area contributed by atoms with Gasteiger partial charge in [0.2, 0.25) is 5.91 Å². The van der Waals surface area contributed by atoms with Gasteiger partial charge in [-0.15, -0.1) is 0 Å². The van der Waals surface area contributed by atoms with Crippen LogP contribution in [-0.4, -0.2) is 33.4 Å². The molecule has 5 nitrogen and oxygen atoms in total. The summed E-state index contributed by atoms with van der Waals surface area (Å²) in [6, 6.07) is 2.60. The third-order valence-corrected chi connectivity index (χ3v) is 4.53. The molecule has 0 radical (unpaired) electrons. The molecule has 1 N–H and O–H groups in total. The minimum absolute atomic E-state index is 0.0477. The summed E-state index contributed by atoms with van der Waals surface area (Å²) >= 11 is 0. The van der Waals surface area contributed by atoms with Gasteiger partial charge in [-0.05, 0) is 32.6 Å². The molecule has 21 heavy (non-hydrogen) atoms. The van der Waals surface area contributed by atoms with Crippen molar-refractivity contribution in [2.45, 2.75) is 64.5 Å². The number of hydrogen-bond donors (Lipinski definition) is 1. The molecule has 2 fully saturated rings. The van der Waals surface area contributed by atoms with E-state index < -0.39 is 0 Å². The molecule has 0 unspecified atom stereocenters. The second kappa shape index (κ2) is 6.00. The first-order chi connectivity index (χ1) is 10.1. The second-order valence-electron chi connectivity index (χ2n) is 6.25. The molecule has 1 aliphatic heterocycles. The van der Waals surface area contributed by atoms with Crippen molar-refractivity contribution < 1.29 is 4.79 Å². The third-order valence-electron chi connectivity index (χ3n) is 4.53. The zero-order valence-electron chi connectivity index (χ0n) is 12.9. The molecule has 2 heterocycles. The number of aryl methyl sites for hydroxylation is 1. The molecule has 1 amide bonds. The molecule has 1 saturated heterocycles. The van der Waals surface area contributed by atoms with Crippen LogP contribution in [0, 0.1) is 6.92 Å². The maximum atomic E-state index is 11.7. The van der Waals surface area contributed by atoms with Crippen LogP contribution >= 0.6 is 0 Å². The summed E-state index contributed by atoms with van der Waals surface area (Å²) in [6.45, 7) is 4.45. The van der Waals surface area contributed by atoms with Crippen LogP contribution in [0.3, 0.4) is 0 Å². The summed E-state index contributed by atoms with van der Waals surface area (Å²) < 4.78 is 0. The number of carbonyl (C=O) groups is 1. The molecule has 5 heteroatoms. The molecule has 0 bridgehead atoms. The summed E-state index contributed by atoms with van der Waals surface area (Å²) in [7, 11) is 0. The number of rotatable bonds is 3. The summed E-state index contributed by atoms with van der Waals surface area (Å²) in [5, 5.41) is 3.54. The molecular formula is C16H24N4O. The molecule has 3 rings (SSSR count). The van der Waals surface area contributed by atoms with Gasteiger partial charge in [0, 0.05) is 31.3 Å². The van der Waals surface area contributed by atoms with Gasteiger partial charge in [0.1, 0.15) is 5.82 Å². The van der Waals surface area contributed by atoms with E-state index in [-0.39, 0.29) is 11.9 Å². The Balaban J connectivity index is 1.81. The maximum absolute atomic E-state index is 11.7. The van der Waals surface area contributed by atoms with E-state index in [0.29, 0.717) is 6.04 Å². The van der Waals surface area contributed by atoms with Gasteiger partial charge in [0.25, 0.3) is 0 Å². The molecule has 1 aromatic rings. The number of hydrogen-bond acceptors (Lipinski definition) is 4. The van der Waals surface area contributed by atoms with E-state index >= 15 is 0 Å². The largest absolute Gasteiger partial charge is 0.367 e. The molecule has 1 saturated carbocycles. The second-order valence-corrected chi connectivity index (χ2v) is 6.25. The van der Waals surface area contributed by atoms with E-state index in [2.05, 4.69) is 10.3 Å². The molecule has 0 aromatic carbocycles. The summed E-state index contributed by atoms with van der Waals surface area (Å²) in [5.41, 5.74) is 0.968. The molecule has 2 aliphatic rings. The van der Waals surface area contributed by atoms with Gasteiger partial charge in [0.05, 0.1) is 6.04 Å². The Hall–Kier alpha value is -1.65. The minimum Gasteiger partial charge on any atom is -0.367 e. The smallest absolute Gasteiger partial charge is 0.220 e. The first-order valence-corrected chi connectivity index (χ1v) is 8.03. The maximum Gasteiger partial charge on any atom is 0.220 e. The van der Waals surface area contributed by atoms with Crippen molar-refractivity contribution in [3.05, 3.63) is 17.6 Å². The lowest BCUT2D eigenvalue weighted by atomic mass is 10.2. The number of amides is 1. The van der Waals surface area contributed by atoms with Crippen molar-refractivity contribution in [2.24, 2.45) is 0 Å². The Morgan fingerprint density at radius 1 is 1.24 bits per heavy atom. The van der Waals surface area contributed by atoms with Gasteiger partial charge < -0.3 is 10.2 Å². The van der Waals surface area contributed by atoms with E-state index in [1.165, 1.54) is 25.7 Å². The van der Waals surface area contributed by atoms with Gasteiger partial charge in [-0.2, -0.15) is 0 Å². The van der Waals surface area contributed by atoms with E-state index in [0.717, 1.165) is 36.7 Å². The van der Waals surface area contributed by atoms with Crippen molar-refractivity contribution >= 4 is 11.7 Å². The van der Waals surface area contributed by atoms with Crippen LogP contribution in [0.15, 0.2) is 6.07 Å². The highest BCUT2D eigenvalue weighted by Crippen LogP contribution is 2.31. The fourth-order valence-corrected chi connectivity index (χ4v) is 3.51. The van der Waals surface area contributed by atoms with Crippen molar-refractivity contribution in [2.75, 3.05) is 11.9 Å². The summed E-state index contributed by atoms with van der Waals surface area (Å²) in [4.78, 5) is 22.9. The Morgan fingerprint density at radius 2 is 2.00 bits per heavy atom. The minimum atomic E-state index is 0.0477. The fourth-order valence-electron chi connectivity index (χ4n) is 3.51. The zero-order valence-corrected chi connectivity index (χ0v) is 12.9. The van der Waals surface area contributed by atoms with Crippen LogP contribution in [0.25, 0.3) is 0 Å². The van der Waals surface area contributed by atoms with Crippen molar-refractivity contribution in [3.63, 3.8) is 0 Å². The summed E-state index contributed by atoms with van der Waals surface area (Å²) in [6.07, 6.45) is 7.05. The van der Waals surface area contributed by atoms with E-state index in [9.17, 15) is 4.79 Å². The van der Waals surface area contributed by atoms with E-state index in [4.69, 9.17) is 4.98 Å². The molecule has 114 valence electrons. The third kappa shape index (κ3) is 3.17. The van der Waals surface area contributed by atoms with E-state index in [1.807, 2.05) is 17.9 Å². The predicted molar refractivity (Wildman–Crippen MR) is 82.0 cm³/mol. The lowest BCUT2D eigenvalue weighted by Gasteiger charge is -2.23. The first kappa shape index (κ1) is 14.3. The van der Waals surface area contributed by atoms with Gasteiger partial charge >= 0.3 is 0 Å². The van der Waals surface area contributed by atoms with Crippen LogP contribution in [0.5, 0.6) is 0 Å². The lowest BCUT2D eigenvalue weighted by Crippen LogP contribution is -2.29. The van der Waals surface area contributed by atoms with Gasteiger partial charge in [-0.3, -0.25) is 4.79 Å². The van der Waals surface area contributed by atoms with Crippen LogP contribution < -0.4 is 5.32 Å². The van der Waals surface area contributed by atoms with Crippen molar-refractivity contribution in [3.8, 4) is 0 Å². The quantitative estimate of drug-likeness (QED) is 0.929. The fraction of sp³-hybridized carbons (Fsp3) is 0.688. The van der Waals surface area contributed by atoms with E-state index in [1.54, 1.807) is 6.92 Å². The van der Waals surface area contributed by atoms with Crippen LogP contribution in [0.1, 0.15) is 63.0 Å². The normalized spacial score (nSPS) is 22.8. The molecule has 1 aromatic heterocycles. The number of aromatic nitrogens is 2. The Labute approximate surface area is 126 Å². The Kier molecular flexibility index (Phi) is 4.08. The zero-order chi connectivity index (χ0) is 14.8. The van der Waals surface area contributed by atoms with Gasteiger partial charge in [-0.25, -0.2) is 9.97 Å². The Bertz CT molecular complexity index is 525. The average molecular weight is 288 g/mol. The number of nitrogens with one attached hydrogen (secondary N) is 1. The van der Waals surface area contributed by atoms with Crippen LogP contribution in [0.2, 0.25) is 0 Å². The highest BCUT2D eigenvalue weighted by atomic mass is 16.2. The number of anilines is 1. The average Bonchev–Trinajstić information content (AvgIpc) is 3.08. The SMILES string of the molecule is CC(=O)N1CCC[C@H]1c1nc(C)cc(NC2CCCC2)n1. The molecule has 1 atom stereocenters. The standard InChI is InChI=1S/C16H24N4O/c1-11-10-15(18-13-6-3-4-7-13)19-16(17-11)14-8-5-9-20(14)12(2)21/h10,13-14H,3-9H2,1-2H3,(H,17,18,19)/t14-/m0/s1. The number of likely N-dealkylation sites (tertiary alicyclic amines) is 1. The highest BCUT2D eigenvalue weighted by molar-refractivity contribution is 5.74. The van der Waals surface area contributed by atoms with Gasteiger partial charge in [0.15, 0.2) is 5.82 Å². The predicted octanol–water partition coefficient (Wildman–Crippen LogP) is 2.82. The van der Waals surface area contributed by atoms with Gasteiger partial charge in [-0.1, -0.05) is 12.8 Å². The van der Waals surface area contributed by atoms with Crippen LogP contribution in [-0.2, 0) is 4.79 Å². The molecule has 0 spiro atoms. The van der Waals surface area contributed by atoms with Crippen molar-refractivity contribution in [1.29, 1.82) is 0 Å². The number of nitrogens with zero attached hydrogens (tertiary/aromatic N) is 3. The molecule has 1 aliphatic carbocycles. The highest BCUT2D eigenvalue weighted by Gasteiger charge is 2.30. The Morgan fingerprint density at radius 3 is 2.71 bits per heavy atom. The van der Waals surface area contributed by atoms with Crippen LogP contribution in [0.4, 0.5) is 5.82 Å². The topological polar surface area (TPSA) is 58.1 Å². The van der Waals surface area contributed by atoms with Crippen molar-refractivity contribution in [1.82, 2.24) is 14.9 Å². The monoisotopic (exact) mass is 288 g/mol. The summed E-state index contributed by atoms with van der Waals surface area (Å²) in [5.74, 6) is 1.83. The first-order valence-electron chi connectivity index (χ1n) is 8.03. The number of carbonyl (C=O) groups excluding carboxylic acids is 1. The lowest BCUT2D eigenvalue weighted by molar-refractivity contribution is -0.129.